The monoisotopic (exact) mass is 770 g/mol. The van der Waals surface area contributed by atoms with E-state index in [9.17, 15) is 0 Å². The molecule has 0 nitrogen and oxygen atoms in total. The Morgan fingerprint density at radius 3 is 0.721 bits per heavy atom. The molecule has 0 amide bonds. The molecule has 5 heteroatoms. The number of hydrogen-bond donors (Lipinski definition) is 0. The molecule has 0 saturated heterocycles. The van der Waals surface area contributed by atoms with Crippen molar-refractivity contribution in [1.82, 2.24) is 0 Å². The Bertz CT molecular complexity index is 1340. The molecule has 0 fully saturated rings. The third-order valence-corrected chi connectivity index (χ3v) is 12.6. The quantitative estimate of drug-likeness (QED) is 0.107. The van der Waals surface area contributed by atoms with Gasteiger partial charge in [0.2, 0.25) is 0 Å². The molecule has 6 aromatic carbocycles. The molecule has 43 heavy (non-hydrogen) atoms. The van der Waals surface area contributed by atoms with Crippen LogP contribution < -0.4 is 21.2 Å². The maximum Gasteiger partial charge on any atom is 0.0970 e. The van der Waals surface area contributed by atoms with Crippen LogP contribution in [0.3, 0.4) is 0 Å². The summed E-state index contributed by atoms with van der Waals surface area (Å²) >= 11 is 6.00. The van der Waals surface area contributed by atoms with Crippen LogP contribution in [0.25, 0.3) is 0 Å². The van der Waals surface area contributed by atoms with Crippen molar-refractivity contribution in [2.75, 3.05) is 0 Å². The fourth-order valence-electron chi connectivity index (χ4n) is 4.90. The Kier molecular flexibility index (Phi) is 15.5. The van der Waals surface area contributed by atoms with Gasteiger partial charge in [-0.1, -0.05) is 133 Å². The van der Waals surface area contributed by atoms with Gasteiger partial charge in [-0.25, -0.2) is 0 Å². The van der Waals surface area contributed by atoms with Crippen LogP contribution in [0.4, 0.5) is 0 Å². The van der Waals surface area contributed by atoms with Crippen LogP contribution >= 0.6 is 44.3 Å². The summed E-state index contributed by atoms with van der Waals surface area (Å²) < 4.78 is 0. The van der Waals surface area contributed by atoms with Gasteiger partial charge in [0.05, 0.1) is 49.4 Å². The van der Waals surface area contributed by atoms with Crippen molar-refractivity contribution in [2.45, 2.75) is 12.3 Å². The fraction of sp³-hybridized carbons (Fsp3) is 0.0526. The second kappa shape index (κ2) is 19.8. The van der Waals surface area contributed by atoms with Crippen LogP contribution in [-0.4, -0.2) is 0 Å². The maximum absolute atomic E-state index is 3.00. The van der Waals surface area contributed by atoms with Crippen molar-refractivity contribution in [3.05, 3.63) is 193 Å². The van der Waals surface area contributed by atoms with Crippen LogP contribution in [0.5, 0.6) is 0 Å². The molecule has 0 radical (unpaired) electrons. The predicted octanol–water partition coefficient (Wildman–Crippen LogP) is 9.79. The van der Waals surface area contributed by atoms with Crippen molar-refractivity contribution < 1.29 is 10.9 Å². The van der Waals surface area contributed by atoms with Crippen LogP contribution in [0.2, 0.25) is 0 Å². The third-order valence-electron chi connectivity index (χ3n) is 6.94. The first-order chi connectivity index (χ1) is 21.3. The van der Waals surface area contributed by atoms with Gasteiger partial charge in [-0.2, -0.15) is 0 Å². The van der Waals surface area contributed by atoms with E-state index in [1.165, 1.54) is 43.2 Å². The van der Waals surface area contributed by atoms with Gasteiger partial charge in [-0.15, -0.1) is 0 Å². The smallest absolute Gasteiger partial charge is 0.0622 e. The fourth-order valence-corrected chi connectivity index (χ4v) is 10.0. The molecule has 220 valence electrons. The van der Waals surface area contributed by atoms with Gasteiger partial charge in [0, 0.05) is 0 Å². The number of hydrogen-bond acceptors (Lipinski definition) is 0. The average molecular weight is 773 g/mol. The standard InChI is InChI=1S/2C19H17P.2BrH.Ni/c2*1-4-10-17(11-5-1)16-20(18-12-6-2-7-13-18)19-14-8-3-9-15-19;;;/h2*1-15H,16H2;2*1H;/q;;;;+2. The molecular weight excluding hydrogens is 737 g/mol. The van der Waals surface area contributed by atoms with E-state index >= 15 is 0 Å². The second-order valence-electron chi connectivity index (χ2n) is 9.79. The first-order valence-electron chi connectivity index (χ1n) is 14.1. The summed E-state index contributed by atoms with van der Waals surface area (Å²) in [5.41, 5.74) is 2.85. The Morgan fingerprint density at radius 2 is 0.512 bits per heavy atom. The van der Waals surface area contributed by atoms with Crippen molar-refractivity contribution in [1.29, 1.82) is 0 Å². The van der Waals surface area contributed by atoms with Gasteiger partial charge >= 0.3 is 39.3 Å². The summed E-state index contributed by atoms with van der Waals surface area (Å²) in [7, 11) is -0.254. The minimum Gasteiger partial charge on any atom is -0.0622 e. The maximum atomic E-state index is 3.00. The number of halogens is 2. The summed E-state index contributed by atoms with van der Waals surface area (Å²) in [4.78, 5) is 0. The zero-order chi connectivity index (χ0) is 30.0. The average Bonchev–Trinajstić information content (AvgIpc) is 3.09. The van der Waals surface area contributed by atoms with Gasteiger partial charge in [-0.3, -0.25) is 0 Å². The van der Waals surface area contributed by atoms with Crippen LogP contribution in [0.1, 0.15) is 11.1 Å². The van der Waals surface area contributed by atoms with E-state index in [-0.39, 0.29) is 0 Å². The molecule has 0 atom stereocenters. The summed E-state index contributed by atoms with van der Waals surface area (Å²) in [6, 6.07) is 65.3. The van der Waals surface area contributed by atoms with Crippen molar-refractivity contribution in [3.63, 3.8) is 0 Å². The molecule has 0 unspecified atom stereocenters. The third kappa shape index (κ3) is 11.6. The molecule has 6 rings (SSSR count). The summed E-state index contributed by atoms with van der Waals surface area (Å²) in [6.45, 7) is 0. The van der Waals surface area contributed by atoms with E-state index in [1.807, 2.05) is 0 Å². The Morgan fingerprint density at radius 1 is 0.326 bits per heavy atom. The van der Waals surface area contributed by atoms with Crippen LogP contribution in [0.15, 0.2) is 182 Å². The van der Waals surface area contributed by atoms with Gasteiger partial charge in [0.1, 0.15) is 0 Å². The van der Waals surface area contributed by atoms with Gasteiger partial charge in [-0.05, 0) is 59.7 Å². The van der Waals surface area contributed by atoms with Crippen molar-refractivity contribution in [2.24, 2.45) is 0 Å². The van der Waals surface area contributed by atoms with Crippen molar-refractivity contribution in [3.8, 4) is 0 Å². The minimum absolute atomic E-state index is 0.752. The van der Waals surface area contributed by atoms with E-state index < -0.39 is 15.8 Å². The van der Waals surface area contributed by atoms with Gasteiger partial charge < -0.3 is 0 Å². The molecule has 0 saturated carbocycles. The first-order valence-corrected chi connectivity index (χ1v) is 22.4. The van der Waals surface area contributed by atoms with E-state index in [0.29, 0.717) is 0 Å². The van der Waals surface area contributed by atoms with E-state index in [1.54, 1.807) is 0 Å². The van der Waals surface area contributed by atoms with E-state index in [4.69, 9.17) is 0 Å². The second-order valence-corrected chi connectivity index (χ2v) is 19.7. The molecule has 0 heterocycles. The Hall–Kier alpha value is -2.37. The predicted molar refractivity (Wildman–Crippen MR) is 199 cm³/mol. The SMILES string of the molecule is [Br][Ni][Br].c1ccc(C[PH+](c2ccccc2)c2ccccc2)cc1.c1ccc(C[PH+](c2ccccc2)c2ccccc2)cc1. The van der Waals surface area contributed by atoms with E-state index in [0.717, 1.165) is 12.3 Å². The molecule has 0 aliphatic rings. The molecule has 6 aromatic rings. The first kappa shape index (κ1) is 33.5. The molecular formula is C38H36Br2NiP2+2. The Balaban J connectivity index is 0.000000181. The zero-order valence-corrected chi connectivity index (χ0v) is 30.0. The topological polar surface area (TPSA) is 0 Å². The summed E-state index contributed by atoms with van der Waals surface area (Å²) in [5, 5.41) is 5.92. The minimum atomic E-state index is -0.752. The summed E-state index contributed by atoms with van der Waals surface area (Å²) in [6.07, 6.45) is 2.28. The van der Waals surface area contributed by atoms with Crippen molar-refractivity contribution >= 4 is 65.5 Å². The molecule has 0 aliphatic heterocycles. The normalized spacial score (nSPS) is 10.4. The summed E-state index contributed by atoms with van der Waals surface area (Å²) in [5.74, 6) is 0. The largest absolute Gasteiger partial charge is 0.0970 e. The molecule has 0 bridgehead atoms. The van der Waals surface area contributed by atoms with Crippen LogP contribution in [-0.2, 0) is 23.2 Å². The van der Waals surface area contributed by atoms with E-state index in [2.05, 4.69) is 210 Å². The Labute approximate surface area is 279 Å². The number of benzene rings is 6. The molecule has 0 aliphatic carbocycles. The van der Waals surface area contributed by atoms with Gasteiger partial charge in [0.25, 0.3) is 0 Å². The zero-order valence-electron chi connectivity index (χ0n) is 23.8. The molecule has 0 N–H and O–H groups in total. The van der Waals surface area contributed by atoms with Crippen LogP contribution in [0, 0.1) is 0 Å². The number of rotatable bonds is 8. The molecule has 0 aromatic heterocycles. The molecule has 0 spiro atoms. The van der Waals surface area contributed by atoms with Gasteiger partial charge in [0.15, 0.2) is 0 Å².